The van der Waals surface area contributed by atoms with Gasteiger partial charge in [0.15, 0.2) is 0 Å². The molecule has 0 aromatic carbocycles. The second-order valence-corrected chi connectivity index (χ2v) is 4.80. The van der Waals surface area contributed by atoms with Crippen LogP contribution in [0.3, 0.4) is 0 Å². The number of nitrogens with zero attached hydrogens (tertiary/aromatic N) is 1. The first-order valence-electron chi connectivity index (χ1n) is 5.85. The van der Waals surface area contributed by atoms with Gasteiger partial charge in [-0.15, -0.1) is 0 Å². The van der Waals surface area contributed by atoms with E-state index in [1.54, 1.807) is 0 Å². The van der Waals surface area contributed by atoms with E-state index in [2.05, 4.69) is 11.8 Å². The predicted octanol–water partition coefficient (Wildman–Crippen LogP) is 0.834. The molecule has 82 valence electrons. The molecule has 1 saturated heterocycles. The molecule has 0 aromatic rings. The molecule has 0 amide bonds. The van der Waals surface area contributed by atoms with Crippen molar-refractivity contribution in [3.05, 3.63) is 0 Å². The van der Waals surface area contributed by atoms with Gasteiger partial charge in [0.25, 0.3) is 0 Å². The second-order valence-electron chi connectivity index (χ2n) is 4.80. The highest BCUT2D eigenvalue weighted by atomic mass is 16.5. The molecule has 3 heteroatoms. The van der Waals surface area contributed by atoms with Gasteiger partial charge in [0.1, 0.15) is 0 Å². The van der Waals surface area contributed by atoms with E-state index in [-0.39, 0.29) is 0 Å². The molecule has 3 nitrogen and oxygen atoms in total. The van der Waals surface area contributed by atoms with Gasteiger partial charge < -0.3 is 10.5 Å². The van der Waals surface area contributed by atoms with E-state index >= 15 is 0 Å². The lowest BCUT2D eigenvalue weighted by Gasteiger charge is -2.42. The van der Waals surface area contributed by atoms with E-state index in [1.807, 2.05) is 0 Å². The fourth-order valence-corrected chi connectivity index (χ4v) is 2.70. The Morgan fingerprint density at radius 1 is 1.21 bits per heavy atom. The Morgan fingerprint density at radius 2 is 1.93 bits per heavy atom. The SMILES string of the molecule is CC1CCC(N)C(N2CCOCC2)C1. The number of rotatable bonds is 1. The van der Waals surface area contributed by atoms with Crippen LogP contribution >= 0.6 is 0 Å². The molecule has 3 atom stereocenters. The molecule has 2 N–H and O–H groups in total. The van der Waals surface area contributed by atoms with Crippen LogP contribution in [0.1, 0.15) is 26.2 Å². The van der Waals surface area contributed by atoms with Crippen LogP contribution < -0.4 is 5.73 Å². The molecular formula is C11H22N2O. The molecule has 2 fully saturated rings. The van der Waals surface area contributed by atoms with Gasteiger partial charge in [-0.2, -0.15) is 0 Å². The van der Waals surface area contributed by atoms with Crippen LogP contribution in [0.5, 0.6) is 0 Å². The molecule has 1 aliphatic heterocycles. The number of nitrogens with two attached hydrogens (primary N) is 1. The third kappa shape index (κ3) is 2.27. The topological polar surface area (TPSA) is 38.5 Å². The van der Waals surface area contributed by atoms with Crippen molar-refractivity contribution < 1.29 is 4.74 Å². The zero-order valence-electron chi connectivity index (χ0n) is 9.11. The number of morpholine rings is 1. The summed E-state index contributed by atoms with van der Waals surface area (Å²) in [4.78, 5) is 2.53. The quantitative estimate of drug-likeness (QED) is 0.678. The molecule has 3 unspecified atom stereocenters. The van der Waals surface area contributed by atoms with E-state index in [1.165, 1.54) is 19.3 Å². The molecule has 0 aromatic heterocycles. The van der Waals surface area contributed by atoms with Gasteiger partial charge >= 0.3 is 0 Å². The highest BCUT2D eigenvalue weighted by Crippen LogP contribution is 2.27. The van der Waals surface area contributed by atoms with Crippen molar-refractivity contribution in [2.45, 2.75) is 38.3 Å². The molecule has 2 aliphatic rings. The van der Waals surface area contributed by atoms with Crippen LogP contribution in [-0.4, -0.2) is 43.3 Å². The summed E-state index contributed by atoms with van der Waals surface area (Å²) in [6.07, 6.45) is 3.78. The molecule has 1 aliphatic carbocycles. The summed E-state index contributed by atoms with van der Waals surface area (Å²) in [7, 11) is 0. The lowest BCUT2D eigenvalue weighted by Crippen LogP contribution is -2.54. The lowest BCUT2D eigenvalue weighted by atomic mass is 9.83. The Morgan fingerprint density at radius 3 is 2.64 bits per heavy atom. The van der Waals surface area contributed by atoms with Crippen molar-refractivity contribution in [3.63, 3.8) is 0 Å². The molecule has 0 radical (unpaired) electrons. The van der Waals surface area contributed by atoms with Gasteiger partial charge in [0.2, 0.25) is 0 Å². The summed E-state index contributed by atoms with van der Waals surface area (Å²) in [5.41, 5.74) is 6.19. The monoisotopic (exact) mass is 198 g/mol. The van der Waals surface area contributed by atoms with E-state index in [4.69, 9.17) is 10.5 Å². The van der Waals surface area contributed by atoms with Crippen LogP contribution in [0, 0.1) is 5.92 Å². The Bertz CT molecular complexity index is 180. The van der Waals surface area contributed by atoms with Crippen molar-refractivity contribution in [3.8, 4) is 0 Å². The second kappa shape index (κ2) is 4.60. The van der Waals surface area contributed by atoms with Gasteiger partial charge in [-0.25, -0.2) is 0 Å². The average Bonchev–Trinajstić information content (AvgIpc) is 2.23. The Labute approximate surface area is 86.6 Å². The van der Waals surface area contributed by atoms with Crippen molar-refractivity contribution in [1.29, 1.82) is 0 Å². The molecule has 1 saturated carbocycles. The van der Waals surface area contributed by atoms with Gasteiger partial charge in [-0.05, 0) is 25.2 Å². The first-order valence-corrected chi connectivity index (χ1v) is 5.85. The summed E-state index contributed by atoms with van der Waals surface area (Å²) < 4.78 is 5.37. The van der Waals surface area contributed by atoms with Gasteiger partial charge in [0.05, 0.1) is 13.2 Å². The summed E-state index contributed by atoms with van der Waals surface area (Å²) in [6, 6.07) is 1.01. The molecule has 0 bridgehead atoms. The number of hydrogen-bond donors (Lipinski definition) is 1. The van der Waals surface area contributed by atoms with E-state index in [9.17, 15) is 0 Å². The zero-order chi connectivity index (χ0) is 9.97. The minimum Gasteiger partial charge on any atom is -0.379 e. The van der Waals surface area contributed by atoms with Gasteiger partial charge in [-0.1, -0.05) is 6.92 Å². The average molecular weight is 198 g/mol. The summed E-state index contributed by atoms with van der Waals surface area (Å²) in [5.74, 6) is 0.850. The van der Waals surface area contributed by atoms with Crippen molar-refractivity contribution >= 4 is 0 Å². The standard InChI is InChI=1S/C11H22N2O/c1-9-2-3-10(12)11(8-9)13-4-6-14-7-5-13/h9-11H,2-8,12H2,1H3. The maximum absolute atomic E-state index is 6.19. The maximum Gasteiger partial charge on any atom is 0.0594 e. The highest BCUT2D eigenvalue weighted by molar-refractivity contribution is 4.88. The highest BCUT2D eigenvalue weighted by Gasteiger charge is 2.31. The molecular weight excluding hydrogens is 176 g/mol. The minimum atomic E-state index is 0.393. The van der Waals surface area contributed by atoms with Crippen molar-refractivity contribution in [2.75, 3.05) is 26.3 Å². The first kappa shape index (κ1) is 10.4. The lowest BCUT2D eigenvalue weighted by molar-refractivity contribution is -0.00148. The normalized spacial score (nSPS) is 41.1. The maximum atomic E-state index is 6.19. The Balaban J connectivity index is 1.92. The van der Waals surface area contributed by atoms with Crippen LogP contribution in [0.4, 0.5) is 0 Å². The zero-order valence-corrected chi connectivity index (χ0v) is 9.11. The van der Waals surface area contributed by atoms with E-state index in [0.29, 0.717) is 12.1 Å². The molecule has 0 spiro atoms. The van der Waals surface area contributed by atoms with E-state index < -0.39 is 0 Å². The first-order chi connectivity index (χ1) is 6.77. The van der Waals surface area contributed by atoms with Gasteiger partial charge in [-0.3, -0.25) is 4.90 Å². The number of hydrogen-bond acceptors (Lipinski definition) is 3. The number of ether oxygens (including phenoxy) is 1. The fourth-order valence-electron chi connectivity index (χ4n) is 2.70. The summed E-state index contributed by atoms with van der Waals surface area (Å²) in [5, 5.41) is 0. The van der Waals surface area contributed by atoms with Crippen molar-refractivity contribution in [2.24, 2.45) is 11.7 Å². The summed E-state index contributed by atoms with van der Waals surface area (Å²) in [6.45, 7) is 6.27. The van der Waals surface area contributed by atoms with Crippen LogP contribution in [0.2, 0.25) is 0 Å². The Hall–Kier alpha value is -0.120. The largest absolute Gasteiger partial charge is 0.379 e. The fraction of sp³-hybridized carbons (Fsp3) is 1.00. The third-order valence-electron chi connectivity index (χ3n) is 3.65. The smallest absolute Gasteiger partial charge is 0.0594 e. The predicted molar refractivity (Wildman–Crippen MR) is 57.2 cm³/mol. The Kier molecular flexibility index (Phi) is 3.42. The molecule has 1 heterocycles. The third-order valence-corrected chi connectivity index (χ3v) is 3.65. The molecule has 14 heavy (non-hydrogen) atoms. The van der Waals surface area contributed by atoms with Crippen LogP contribution in [-0.2, 0) is 4.74 Å². The van der Waals surface area contributed by atoms with Gasteiger partial charge in [0, 0.05) is 25.2 Å². The minimum absolute atomic E-state index is 0.393. The van der Waals surface area contributed by atoms with E-state index in [0.717, 1.165) is 32.2 Å². The van der Waals surface area contributed by atoms with Crippen LogP contribution in [0.25, 0.3) is 0 Å². The van der Waals surface area contributed by atoms with Crippen LogP contribution in [0.15, 0.2) is 0 Å². The summed E-state index contributed by atoms with van der Waals surface area (Å²) >= 11 is 0. The molecule has 2 rings (SSSR count). The van der Waals surface area contributed by atoms with Crippen molar-refractivity contribution in [1.82, 2.24) is 4.90 Å².